The van der Waals surface area contributed by atoms with Gasteiger partial charge < -0.3 is 5.32 Å². The Labute approximate surface area is 132 Å². The van der Waals surface area contributed by atoms with Crippen molar-refractivity contribution in [3.63, 3.8) is 0 Å². The predicted molar refractivity (Wildman–Crippen MR) is 89.0 cm³/mol. The number of aromatic nitrogens is 2. The van der Waals surface area contributed by atoms with Crippen LogP contribution >= 0.6 is 0 Å². The van der Waals surface area contributed by atoms with Gasteiger partial charge in [-0.3, -0.25) is 14.2 Å². The Morgan fingerprint density at radius 1 is 1.22 bits per heavy atom. The van der Waals surface area contributed by atoms with Crippen molar-refractivity contribution in [3.05, 3.63) is 70.6 Å². The molecule has 1 heterocycles. The molecule has 1 amide bonds. The topological polar surface area (TPSA) is 64.0 Å². The Kier molecular flexibility index (Phi) is 3.89. The Balaban J connectivity index is 1.87. The van der Waals surface area contributed by atoms with Crippen molar-refractivity contribution in [2.45, 2.75) is 6.54 Å². The molecule has 23 heavy (non-hydrogen) atoms. The Morgan fingerprint density at radius 3 is 2.87 bits per heavy atom. The van der Waals surface area contributed by atoms with Crippen molar-refractivity contribution in [2.24, 2.45) is 0 Å². The van der Waals surface area contributed by atoms with Gasteiger partial charge >= 0.3 is 0 Å². The summed E-state index contributed by atoms with van der Waals surface area (Å²) in [6.45, 7) is -0.0951. The monoisotopic (exact) mass is 303 g/mol. The van der Waals surface area contributed by atoms with E-state index < -0.39 is 0 Å². The third kappa shape index (κ3) is 3.11. The predicted octanol–water partition coefficient (Wildman–Crippen LogP) is 2.02. The summed E-state index contributed by atoms with van der Waals surface area (Å²) in [4.78, 5) is 28.3. The smallest absolute Gasteiger partial charge is 0.269 e. The first kappa shape index (κ1) is 14.5. The fourth-order valence-corrected chi connectivity index (χ4v) is 2.31. The second-order valence-corrected chi connectivity index (χ2v) is 4.94. The lowest BCUT2D eigenvalue weighted by atomic mass is 10.2. The van der Waals surface area contributed by atoms with Crippen molar-refractivity contribution in [1.29, 1.82) is 0 Å². The highest BCUT2D eigenvalue weighted by Crippen LogP contribution is 2.11. The summed E-state index contributed by atoms with van der Waals surface area (Å²) in [6.07, 6.45) is 6.56. The van der Waals surface area contributed by atoms with Crippen LogP contribution in [0.2, 0.25) is 0 Å². The summed E-state index contributed by atoms with van der Waals surface area (Å²) < 4.78 is 1.39. The molecule has 0 aliphatic rings. The third-order valence-corrected chi connectivity index (χ3v) is 3.37. The summed E-state index contributed by atoms with van der Waals surface area (Å²) in [5.74, 6) is 2.20. The van der Waals surface area contributed by atoms with Gasteiger partial charge in [0.2, 0.25) is 5.91 Å². The number of carbonyl (C=O) groups excluding carboxylic acids is 1. The molecule has 1 aromatic heterocycles. The van der Waals surface area contributed by atoms with Gasteiger partial charge in [0.1, 0.15) is 6.54 Å². The van der Waals surface area contributed by atoms with Gasteiger partial charge in [-0.15, -0.1) is 6.42 Å². The number of para-hydroxylation sites is 2. The molecule has 5 nitrogen and oxygen atoms in total. The Morgan fingerprint density at radius 2 is 2.04 bits per heavy atom. The van der Waals surface area contributed by atoms with Crippen molar-refractivity contribution in [2.75, 3.05) is 5.32 Å². The Hall–Kier alpha value is -3.39. The van der Waals surface area contributed by atoms with E-state index in [1.165, 1.54) is 10.8 Å². The number of hydrogen-bond donors (Lipinski definition) is 1. The van der Waals surface area contributed by atoms with Crippen molar-refractivity contribution < 1.29 is 4.79 Å². The van der Waals surface area contributed by atoms with Gasteiger partial charge in [-0.1, -0.05) is 24.1 Å². The number of amides is 1. The second kappa shape index (κ2) is 6.16. The van der Waals surface area contributed by atoms with E-state index in [1.807, 2.05) is 6.07 Å². The molecule has 0 fully saturated rings. The molecule has 2 aromatic carbocycles. The first-order chi connectivity index (χ1) is 11.2. The molecule has 0 bridgehead atoms. The average molecular weight is 303 g/mol. The van der Waals surface area contributed by atoms with Crippen molar-refractivity contribution in [3.8, 4) is 12.3 Å². The van der Waals surface area contributed by atoms with Crippen LogP contribution in [-0.2, 0) is 11.3 Å². The molecule has 3 rings (SSSR count). The highest BCUT2D eigenvalue weighted by molar-refractivity contribution is 5.91. The minimum absolute atomic E-state index is 0.0951. The minimum Gasteiger partial charge on any atom is -0.324 e. The third-order valence-electron chi connectivity index (χ3n) is 3.37. The number of fused-ring (bicyclic) bond motifs is 1. The van der Waals surface area contributed by atoms with Crippen LogP contribution in [0.25, 0.3) is 11.0 Å². The average Bonchev–Trinajstić information content (AvgIpc) is 2.57. The number of nitrogens with zero attached hydrogens (tertiary/aromatic N) is 2. The van der Waals surface area contributed by atoms with Gasteiger partial charge in [0.05, 0.1) is 17.2 Å². The van der Waals surface area contributed by atoms with Crippen LogP contribution in [0, 0.1) is 12.3 Å². The lowest BCUT2D eigenvalue weighted by molar-refractivity contribution is -0.116. The molecule has 0 atom stereocenters. The van der Waals surface area contributed by atoms with Gasteiger partial charge in [-0.25, -0.2) is 4.98 Å². The maximum atomic E-state index is 12.2. The van der Waals surface area contributed by atoms with Gasteiger partial charge in [0, 0.05) is 11.3 Å². The van der Waals surface area contributed by atoms with E-state index in [1.54, 1.807) is 42.5 Å². The number of terminal acetylenes is 1. The number of nitrogens with one attached hydrogen (secondary N) is 1. The molecular formula is C18H13N3O2. The maximum Gasteiger partial charge on any atom is 0.269 e. The zero-order valence-electron chi connectivity index (χ0n) is 12.2. The van der Waals surface area contributed by atoms with Crippen LogP contribution in [-0.4, -0.2) is 15.5 Å². The summed E-state index contributed by atoms with van der Waals surface area (Å²) in [7, 11) is 0. The van der Waals surface area contributed by atoms with Crippen LogP contribution < -0.4 is 10.9 Å². The molecular weight excluding hydrogens is 290 g/mol. The minimum atomic E-state index is -0.323. The molecule has 1 N–H and O–H groups in total. The summed E-state index contributed by atoms with van der Waals surface area (Å²) in [5, 5.41) is 2.74. The number of carbonyl (C=O) groups is 1. The first-order valence-electron chi connectivity index (χ1n) is 6.98. The largest absolute Gasteiger partial charge is 0.324 e. The second-order valence-electron chi connectivity index (χ2n) is 4.94. The highest BCUT2D eigenvalue weighted by atomic mass is 16.2. The molecule has 3 aromatic rings. The zero-order chi connectivity index (χ0) is 16.2. The Bertz CT molecular complexity index is 983. The van der Waals surface area contributed by atoms with E-state index in [2.05, 4.69) is 16.2 Å². The van der Waals surface area contributed by atoms with E-state index in [0.29, 0.717) is 22.3 Å². The van der Waals surface area contributed by atoms with Crippen molar-refractivity contribution in [1.82, 2.24) is 9.55 Å². The molecule has 0 radical (unpaired) electrons. The van der Waals surface area contributed by atoms with E-state index in [9.17, 15) is 9.59 Å². The molecule has 5 heteroatoms. The lowest BCUT2D eigenvalue weighted by Crippen LogP contribution is -2.28. The van der Waals surface area contributed by atoms with Crippen LogP contribution in [0.3, 0.4) is 0 Å². The van der Waals surface area contributed by atoms with E-state index in [4.69, 9.17) is 6.42 Å². The number of rotatable bonds is 3. The molecule has 0 unspecified atom stereocenters. The number of benzene rings is 2. The first-order valence-corrected chi connectivity index (χ1v) is 6.98. The van der Waals surface area contributed by atoms with E-state index >= 15 is 0 Å². The summed E-state index contributed by atoms with van der Waals surface area (Å²) in [5.41, 5.74) is 2.23. The molecule has 0 saturated heterocycles. The molecule has 112 valence electrons. The molecule has 0 spiro atoms. The molecule has 0 aliphatic heterocycles. The summed E-state index contributed by atoms with van der Waals surface area (Å²) >= 11 is 0. The summed E-state index contributed by atoms with van der Waals surface area (Å²) in [6, 6.07) is 14.2. The van der Waals surface area contributed by atoms with Gasteiger partial charge in [-0.05, 0) is 30.3 Å². The van der Waals surface area contributed by atoms with Crippen LogP contribution in [0.1, 0.15) is 5.56 Å². The lowest BCUT2D eigenvalue weighted by Gasteiger charge is -2.10. The van der Waals surface area contributed by atoms with Crippen LogP contribution in [0.4, 0.5) is 5.69 Å². The van der Waals surface area contributed by atoms with Gasteiger partial charge in [0.25, 0.3) is 5.56 Å². The van der Waals surface area contributed by atoms with Gasteiger partial charge in [0.15, 0.2) is 0 Å². The van der Waals surface area contributed by atoms with E-state index in [-0.39, 0.29) is 18.0 Å². The fourth-order valence-electron chi connectivity index (χ4n) is 2.31. The van der Waals surface area contributed by atoms with E-state index in [0.717, 1.165) is 0 Å². The quantitative estimate of drug-likeness (QED) is 0.753. The van der Waals surface area contributed by atoms with Crippen LogP contribution in [0.5, 0.6) is 0 Å². The fraction of sp³-hybridized carbons (Fsp3) is 0.0556. The molecule has 0 aliphatic carbocycles. The highest BCUT2D eigenvalue weighted by Gasteiger charge is 2.09. The maximum absolute atomic E-state index is 12.2. The SMILES string of the molecule is C#Cc1cccc(NC(=O)Cn2c(=O)cnc3ccccc32)c1. The van der Waals surface area contributed by atoms with Gasteiger partial charge in [-0.2, -0.15) is 0 Å². The number of anilines is 1. The number of hydrogen-bond acceptors (Lipinski definition) is 3. The normalized spacial score (nSPS) is 10.2. The van der Waals surface area contributed by atoms with Crippen LogP contribution in [0.15, 0.2) is 59.5 Å². The zero-order valence-corrected chi connectivity index (χ0v) is 12.2. The van der Waals surface area contributed by atoms with Crippen molar-refractivity contribution >= 4 is 22.6 Å². The standard InChI is InChI=1S/C18H13N3O2/c1-2-13-6-5-7-14(10-13)20-17(22)12-21-16-9-4-3-8-15(16)19-11-18(21)23/h1,3-11H,12H2,(H,20,22). The molecule has 0 saturated carbocycles.